The van der Waals surface area contributed by atoms with Crippen LogP contribution in [0.15, 0.2) is 0 Å². The summed E-state index contributed by atoms with van der Waals surface area (Å²) in [5.74, 6) is 0. The van der Waals surface area contributed by atoms with Crippen molar-refractivity contribution in [2.75, 3.05) is 26.3 Å². The Labute approximate surface area is 112 Å². The molecule has 18 heavy (non-hydrogen) atoms. The van der Waals surface area contributed by atoms with Gasteiger partial charge in [0.25, 0.3) is 0 Å². The van der Waals surface area contributed by atoms with Crippen LogP contribution >= 0.6 is 0 Å². The zero-order valence-corrected chi connectivity index (χ0v) is 12.4. The maximum Gasteiger partial charge on any atom is 0.0619 e. The standard InChI is InChI=1S/C15H30N2O/c1-4-14-10-16-15(8-6-7-9-15)12-17(14)13(3)11-18-5-2/h13-14,16H,4-12H2,1-3H3. The molecule has 0 aromatic heterocycles. The summed E-state index contributed by atoms with van der Waals surface area (Å²) in [5, 5.41) is 3.85. The largest absolute Gasteiger partial charge is 0.380 e. The fourth-order valence-electron chi connectivity index (χ4n) is 3.65. The van der Waals surface area contributed by atoms with Crippen LogP contribution in [0.25, 0.3) is 0 Å². The van der Waals surface area contributed by atoms with Crippen molar-refractivity contribution in [1.29, 1.82) is 0 Å². The summed E-state index contributed by atoms with van der Waals surface area (Å²) in [7, 11) is 0. The number of nitrogens with zero attached hydrogens (tertiary/aromatic N) is 1. The van der Waals surface area contributed by atoms with Crippen LogP contribution in [-0.2, 0) is 4.74 Å². The van der Waals surface area contributed by atoms with E-state index in [1.165, 1.54) is 38.6 Å². The Morgan fingerprint density at radius 3 is 2.67 bits per heavy atom. The predicted molar refractivity (Wildman–Crippen MR) is 75.9 cm³/mol. The van der Waals surface area contributed by atoms with E-state index in [4.69, 9.17) is 4.74 Å². The van der Waals surface area contributed by atoms with E-state index in [0.29, 0.717) is 17.6 Å². The van der Waals surface area contributed by atoms with Gasteiger partial charge in [-0.3, -0.25) is 4.90 Å². The number of nitrogens with one attached hydrogen (secondary N) is 1. The Morgan fingerprint density at radius 2 is 2.06 bits per heavy atom. The summed E-state index contributed by atoms with van der Waals surface area (Å²) in [6.45, 7) is 10.8. The third-order valence-corrected chi connectivity index (χ3v) is 4.83. The predicted octanol–water partition coefficient (Wildman–Crippen LogP) is 2.41. The van der Waals surface area contributed by atoms with Crippen LogP contribution in [0.4, 0.5) is 0 Å². The molecule has 3 heteroatoms. The van der Waals surface area contributed by atoms with Crippen molar-refractivity contribution in [2.24, 2.45) is 0 Å². The number of ether oxygens (including phenoxy) is 1. The highest BCUT2D eigenvalue weighted by atomic mass is 16.5. The topological polar surface area (TPSA) is 24.5 Å². The van der Waals surface area contributed by atoms with E-state index >= 15 is 0 Å². The lowest BCUT2D eigenvalue weighted by atomic mass is 9.90. The van der Waals surface area contributed by atoms with E-state index in [-0.39, 0.29) is 0 Å². The summed E-state index contributed by atoms with van der Waals surface area (Å²) in [6.07, 6.45) is 6.76. The summed E-state index contributed by atoms with van der Waals surface area (Å²) in [6, 6.07) is 1.24. The molecule has 2 rings (SSSR count). The van der Waals surface area contributed by atoms with Gasteiger partial charge in [-0.05, 0) is 33.1 Å². The van der Waals surface area contributed by atoms with Crippen LogP contribution < -0.4 is 5.32 Å². The maximum absolute atomic E-state index is 5.63. The smallest absolute Gasteiger partial charge is 0.0619 e. The van der Waals surface area contributed by atoms with Crippen molar-refractivity contribution in [1.82, 2.24) is 10.2 Å². The van der Waals surface area contributed by atoms with E-state index < -0.39 is 0 Å². The second-order valence-corrected chi connectivity index (χ2v) is 6.11. The van der Waals surface area contributed by atoms with Crippen molar-refractivity contribution in [3.63, 3.8) is 0 Å². The molecule has 1 N–H and O–H groups in total. The average molecular weight is 254 g/mol. The van der Waals surface area contributed by atoms with E-state index in [1.807, 2.05) is 0 Å². The van der Waals surface area contributed by atoms with E-state index in [2.05, 4.69) is 31.0 Å². The molecule has 106 valence electrons. The second kappa shape index (κ2) is 6.36. The molecule has 2 unspecified atom stereocenters. The Kier molecular flexibility index (Phi) is 5.05. The zero-order valence-electron chi connectivity index (χ0n) is 12.4. The highest BCUT2D eigenvalue weighted by Gasteiger charge is 2.41. The summed E-state index contributed by atoms with van der Waals surface area (Å²) >= 11 is 0. The van der Waals surface area contributed by atoms with Crippen molar-refractivity contribution in [3.8, 4) is 0 Å². The highest BCUT2D eigenvalue weighted by molar-refractivity contribution is 5.01. The normalized spacial score (nSPS) is 29.8. The fraction of sp³-hybridized carbons (Fsp3) is 1.00. The van der Waals surface area contributed by atoms with Crippen molar-refractivity contribution < 1.29 is 4.74 Å². The van der Waals surface area contributed by atoms with Gasteiger partial charge in [-0.2, -0.15) is 0 Å². The molecule has 1 heterocycles. The molecule has 1 saturated heterocycles. The Hall–Kier alpha value is -0.120. The molecule has 1 aliphatic carbocycles. The number of rotatable bonds is 5. The Morgan fingerprint density at radius 1 is 1.33 bits per heavy atom. The molecular weight excluding hydrogens is 224 g/mol. The van der Waals surface area contributed by atoms with Gasteiger partial charge in [0.2, 0.25) is 0 Å². The van der Waals surface area contributed by atoms with Gasteiger partial charge in [0.05, 0.1) is 6.61 Å². The molecule has 1 saturated carbocycles. The Bertz CT molecular complexity index is 251. The average Bonchev–Trinajstić information content (AvgIpc) is 2.84. The van der Waals surface area contributed by atoms with Gasteiger partial charge < -0.3 is 10.1 Å². The van der Waals surface area contributed by atoms with Gasteiger partial charge in [-0.25, -0.2) is 0 Å². The number of piperazine rings is 1. The molecule has 2 aliphatic rings. The van der Waals surface area contributed by atoms with Gasteiger partial charge in [0.1, 0.15) is 0 Å². The molecule has 1 spiro atoms. The van der Waals surface area contributed by atoms with E-state index in [0.717, 1.165) is 19.8 Å². The molecule has 0 radical (unpaired) electrons. The third kappa shape index (κ3) is 3.06. The lowest BCUT2D eigenvalue weighted by molar-refractivity contribution is 0.00567. The van der Waals surface area contributed by atoms with Crippen molar-refractivity contribution in [3.05, 3.63) is 0 Å². The minimum absolute atomic E-state index is 0.423. The van der Waals surface area contributed by atoms with Crippen LogP contribution in [0, 0.1) is 0 Å². The van der Waals surface area contributed by atoms with Gasteiger partial charge >= 0.3 is 0 Å². The van der Waals surface area contributed by atoms with Gasteiger partial charge in [0, 0.05) is 37.3 Å². The SMILES string of the molecule is CCOCC(C)N1CC2(CCCC2)NCC1CC. The van der Waals surface area contributed by atoms with Gasteiger partial charge in [-0.1, -0.05) is 19.8 Å². The molecule has 2 fully saturated rings. The summed E-state index contributed by atoms with van der Waals surface area (Å²) < 4.78 is 5.63. The van der Waals surface area contributed by atoms with E-state index in [1.54, 1.807) is 0 Å². The molecule has 3 nitrogen and oxygen atoms in total. The highest BCUT2D eigenvalue weighted by Crippen LogP contribution is 2.34. The zero-order chi connectivity index (χ0) is 13.0. The summed E-state index contributed by atoms with van der Waals surface area (Å²) in [4.78, 5) is 2.71. The second-order valence-electron chi connectivity index (χ2n) is 6.11. The lowest BCUT2D eigenvalue weighted by Crippen LogP contribution is -2.65. The molecule has 0 aromatic rings. The first-order valence-corrected chi connectivity index (χ1v) is 7.79. The molecule has 1 aliphatic heterocycles. The quantitative estimate of drug-likeness (QED) is 0.815. The minimum Gasteiger partial charge on any atom is -0.380 e. The first-order valence-electron chi connectivity index (χ1n) is 7.79. The summed E-state index contributed by atoms with van der Waals surface area (Å²) in [5.41, 5.74) is 0.423. The molecular formula is C15H30N2O. The first kappa shape index (κ1) is 14.3. The third-order valence-electron chi connectivity index (χ3n) is 4.83. The van der Waals surface area contributed by atoms with Crippen molar-refractivity contribution >= 4 is 0 Å². The number of hydrogen-bond donors (Lipinski definition) is 1. The van der Waals surface area contributed by atoms with Crippen LogP contribution in [0.2, 0.25) is 0 Å². The van der Waals surface area contributed by atoms with Crippen molar-refractivity contribution in [2.45, 2.75) is 70.5 Å². The van der Waals surface area contributed by atoms with Crippen LogP contribution in [0.3, 0.4) is 0 Å². The monoisotopic (exact) mass is 254 g/mol. The van der Waals surface area contributed by atoms with Gasteiger partial charge in [-0.15, -0.1) is 0 Å². The van der Waals surface area contributed by atoms with E-state index in [9.17, 15) is 0 Å². The molecule has 0 aromatic carbocycles. The maximum atomic E-state index is 5.63. The molecule has 0 amide bonds. The number of hydrogen-bond acceptors (Lipinski definition) is 3. The first-order chi connectivity index (χ1) is 8.71. The van der Waals surface area contributed by atoms with Gasteiger partial charge in [0.15, 0.2) is 0 Å². The van der Waals surface area contributed by atoms with Crippen LogP contribution in [0.5, 0.6) is 0 Å². The van der Waals surface area contributed by atoms with Crippen LogP contribution in [-0.4, -0.2) is 48.8 Å². The minimum atomic E-state index is 0.423. The fourth-order valence-corrected chi connectivity index (χ4v) is 3.65. The Balaban J connectivity index is 1.98. The van der Waals surface area contributed by atoms with Crippen LogP contribution in [0.1, 0.15) is 52.9 Å². The molecule has 2 atom stereocenters. The molecule has 0 bridgehead atoms. The lowest BCUT2D eigenvalue weighted by Gasteiger charge is -2.48.